The van der Waals surface area contributed by atoms with Crippen LogP contribution in [-0.2, 0) is 0 Å². The summed E-state index contributed by atoms with van der Waals surface area (Å²) >= 11 is 0. The van der Waals surface area contributed by atoms with E-state index in [0.717, 1.165) is 51.1 Å². The van der Waals surface area contributed by atoms with Crippen molar-refractivity contribution in [3.63, 3.8) is 0 Å². The van der Waals surface area contributed by atoms with Crippen LogP contribution in [0.5, 0.6) is 0 Å². The quantitative estimate of drug-likeness (QED) is 0.856. The summed E-state index contributed by atoms with van der Waals surface area (Å²) in [6.07, 6.45) is 6.94. The third-order valence-corrected chi connectivity index (χ3v) is 4.82. The van der Waals surface area contributed by atoms with E-state index in [2.05, 4.69) is 20.5 Å². The predicted octanol–water partition coefficient (Wildman–Crippen LogP) is 1.29. The molecule has 0 aromatic carbocycles. The van der Waals surface area contributed by atoms with Crippen molar-refractivity contribution < 1.29 is 4.79 Å². The molecule has 2 N–H and O–H groups in total. The Hall–Kier alpha value is -1.43. The zero-order chi connectivity index (χ0) is 14.2. The summed E-state index contributed by atoms with van der Waals surface area (Å²) in [6, 6.07) is 0.426. The first kappa shape index (κ1) is 13.2. The molecule has 6 heteroatoms. The van der Waals surface area contributed by atoms with Crippen molar-refractivity contribution in [3.05, 3.63) is 11.6 Å². The van der Waals surface area contributed by atoms with Crippen molar-refractivity contribution >= 4 is 5.91 Å². The van der Waals surface area contributed by atoms with Crippen molar-refractivity contribution in [3.8, 4) is 0 Å². The normalized spacial score (nSPS) is 23.2. The Morgan fingerprint density at radius 3 is 2.57 bits per heavy atom. The fourth-order valence-corrected chi connectivity index (χ4v) is 3.16. The summed E-state index contributed by atoms with van der Waals surface area (Å²) in [5.74, 6) is 2.43. The monoisotopic (exact) mass is 289 g/mol. The molecule has 0 spiro atoms. The molecule has 1 saturated heterocycles. The summed E-state index contributed by atoms with van der Waals surface area (Å²) in [7, 11) is 0. The first-order valence-electron chi connectivity index (χ1n) is 8.25. The van der Waals surface area contributed by atoms with Gasteiger partial charge in [0.05, 0.1) is 0 Å². The Morgan fingerprint density at radius 2 is 1.90 bits per heavy atom. The number of carbonyl (C=O) groups is 1. The molecule has 1 aliphatic heterocycles. The number of nitrogens with zero attached hydrogens (tertiary/aromatic N) is 3. The Morgan fingerprint density at radius 1 is 1.14 bits per heavy atom. The number of piperidine rings is 1. The molecule has 2 aliphatic carbocycles. The van der Waals surface area contributed by atoms with Crippen molar-refractivity contribution in [2.75, 3.05) is 19.6 Å². The number of nitrogens with one attached hydrogen (secondary N) is 2. The molecule has 6 nitrogen and oxygen atoms in total. The molecule has 114 valence electrons. The first-order valence-corrected chi connectivity index (χ1v) is 8.25. The highest BCUT2D eigenvalue weighted by atomic mass is 16.2. The molecule has 1 aromatic rings. The van der Waals surface area contributed by atoms with Crippen molar-refractivity contribution in [1.82, 2.24) is 25.4 Å². The molecule has 3 fully saturated rings. The van der Waals surface area contributed by atoms with E-state index < -0.39 is 0 Å². The number of amides is 1. The lowest BCUT2D eigenvalue weighted by atomic mass is 9.97. The zero-order valence-corrected chi connectivity index (χ0v) is 12.3. The van der Waals surface area contributed by atoms with Crippen molar-refractivity contribution in [1.29, 1.82) is 0 Å². The van der Waals surface area contributed by atoms with Crippen LogP contribution in [0, 0.1) is 5.92 Å². The second-order valence-corrected chi connectivity index (χ2v) is 6.70. The van der Waals surface area contributed by atoms with Crippen LogP contribution in [0.25, 0.3) is 0 Å². The Labute approximate surface area is 124 Å². The summed E-state index contributed by atoms with van der Waals surface area (Å²) in [5.41, 5.74) is 0. The molecule has 3 aliphatic rings. The van der Waals surface area contributed by atoms with Gasteiger partial charge in [0.15, 0.2) is 0 Å². The van der Waals surface area contributed by atoms with Crippen LogP contribution < -0.4 is 5.32 Å². The van der Waals surface area contributed by atoms with Crippen molar-refractivity contribution in [2.24, 2.45) is 5.92 Å². The Kier molecular flexibility index (Phi) is 3.41. The number of hydrogen-bond acceptors (Lipinski definition) is 4. The number of rotatable bonds is 5. The van der Waals surface area contributed by atoms with E-state index in [-0.39, 0.29) is 5.91 Å². The number of aromatic nitrogens is 3. The molecule has 2 heterocycles. The summed E-state index contributed by atoms with van der Waals surface area (Å²) in [6.45, 7) is 3.02. The van der Waals surface area contributed by atoms with Gasteiger partial charge in [0, 0.05) is 18.5 Å². The largest absolute Gasteiger partial charge is 0.333 e. The topological polar surface area (TPSA) is 73.9 Å². The van der Waals surface area contributed by atoms with Crippen LogP contribution in [0.1, 0.15) is 60.9 Å². The zero-order valence-electron chi connectivity index (χ0n) is 12.3. The Balaban J connectivity index is 1.45. The van der Waals surface area contributed by atoms with Gasteiger partial charge in [0.1, 0.15) is 5.82 Å². The maximum Gasteiger partial charge on any atom is 0.293 e. The predicted molar refractivity (Wildman–Crippen MR) is 78.0 cm³/mol. The lowest BCUT2D eigenvalue weighted by molar-refractivity contribution is 0.0689. The molecule has 1 aromatic heterocycles. The smallest absolute Gasteiger partial charge is 0.293 e. The molecule has 0 atom stereocenters. The molecular formula is C15H23N5O. The van der Waals surface area contributed by atoms with Crippen LogP contribution >= 0.6 is 0 Å². The molecule has 0 unspecified atom stereocenters. The van der Waals surface area contributed by atoms with E-state index in [4.69, 9.17) is 0 Å². The van der Waals surface area contributed by atoms with Gasteiger partial charge in [-0.05, 0) is 57.5 Å². The second kappa shape index (κ2) is 5.40. The van der Waals surface area contributed by atoms with Gasteiger partial charge >= 0.3 is 0 Å². The minimum absolute atomic E-state index is 0.0270. The van der Waals surface area contributed by atoms with Crippen LogP contribution in [0.3, 0.4) is 0 Å². The van der Waals surface area contributed by atoms with E-state index in [1.807, 2.05) is 4.90 Å². The molecule has 4 rings (SSSR count). The van der Waals surface area contributed by atoms with E-state index >= 15 is 0 Å². The van der Waals surface area contributed by atoms with Gasteiger partial charge in [-0.15, -0.1) is 5.10 Å². The van der Waals surface area contributed by atoms with Gasteiger partial charge < -0.3 is 10.2 Å². The third kappa shape index (κ3) is 2.95. The van der Waals surface area contributed by atoms with Gasteiger partial charge in [-0.1, -0.05) is 0 Å². The average Bonchev–Trinajstić information content (AvgIpc) is 3.44. The van der Waals surface area contributed by atoms with Crippen LogP contribution in [0.15, 0.2) is 0 Å². The fraction of sp³-hybridized carbons (Fsp3) is 0.800. The molecule has 2 saturated carbocycles. The van der Waals surface area contributed by atoms with Crippen LogP contribution in [0.4, 0.5) is 0 Å². The first-order chi connectivity index (χ1) is 10.3. The van der Waals surface area contributed by atoms with E-state index in [1.165, 1.54) is 12.8 Å². The highest BCUT2D eigenvalue weighted by Gasteiger charge is 2.37. The number of hydrogen-bond donors (Lipinski definition) is 2. The van der Waals surface area contributed by atoms with Gasteiger partial charge in [0.2, 0.25) is 5.82 Å². The van der Waals surface area contributed by atoms with E-state index in [9.17, 15) is 4.79 Å². The summed E-state index contributed by atoms with van der Waals surface area (Å²) in [4.78, 5) is 19.2. The van der Waals surface area contributed by atoms with Crippen LogP contribution in [0.2, 0.25) is 0 Å². The molecule has 0 radical (unpaired) electrons. The maximum absolute atomic E-state index is 12.7. The minimum Gasteiger partial charge on any atom is -0.333 e. The van der Waals surface area contributed by atoms with Gasteiger partial charge in [-0.3, -0.25) is 9.89 Å². The minimum atomic E-state index is 0.0270. The highest BCUT2D eigenvalue weighted by Crippen LogP contribution is 2.38. The summed E-state index contributed by atoms with van der Waals surface area (Å²) in [5, 5.41) is 10.5. The summed E-state index contributed by atoms with van der Waals surface area (Å²) < 4.78 is 0. The SMILES string of the molecule is O=C(c1n[nH]c(C2CC2)n1)N(CC1CCNCC1)C1CC1. The van der Waals surface area contributed by atoms with Crippen LogP contribution in [-0.4, -0.2) is 51.7 Å². The molecular weight excluding hydrogens is 266 g/mol. The van der Waals surface area contributed by atoms with E-state index in [0.29, 0.717) is 23.7 Å². The molecule has 1 amide bonds. The van der Waals surface area contributed by atoms with Gasteiger partial charge in [-0.2, -0.15) is 0 Å². The standard InChI is InChI=1S/C15H23N5O/c21-15(14-17-13(18-19-14)11-1-2-11)20(12-3-4-12)9-10-5-7-16-8-6-10/h10-12,16H,1-9H2,(H,17,18,19). The maximum atomic E-state index is 12.7. The molecule has 21 heavy (non-hydrogen) atoms. The van der Waals surface area contributed by atoms with E-state index in [1.54, 1.807) is 0 Å². The van der Waals surface area contributed by atoms with Gasteiger partial charge in [0.25, 0.3) is 5.91 Å². The second-order valence-electron chi connectivity index (χ2n) is 6.70. The fourth-order valence-electron chi connectivity index (χ4n) is 3.16. The molecule has 0 bridgehead atoms. The highest BCUT2D eigenvalue weighted by molar-refractivity contribution is 5.90. The number of aromatic amines is 1. The average molecular weight is 289 g/mol. The van der Waals surface area contributed by atoms with Crippen molar-refractivity contribution in [2.45, 2.75) is 50.5 Å². The number of H-pyrrole nitrogens is 1. The lowest BCUT2D eigenvalue weighted by Gasteiger charge is -2.29. The Bertz CT molecular complexity index is 514. The third-order valence-electron chi connectivity index (χ3n) is 4.82. The van der Waals surface area contributed by atoms with Gasteiger partial charge in [-0.25, -0.2) is 4.98 Å². The number of carbonyl (C=O) groups excluding carboxylic acids is 1. The lowest BCUT2D eigenvalue weighted by Crippen LogP contribution is -2.41.